The van der Waals surface area contributed by atoms with Crippen LogP contribution in [-0.4, -0.2) is 81.3 Å². The molecule has 22 heavy (non-hydrogen) atoms. The van der Waals surface area contributed by atoms with E-state index in [-0.39, 0.29) is 24.0 Å². The third-order valence-electron chi connectivity index (χ3n) is 3.87. The Bertz CT molecular complexity index is 281. The number of guanidine groups is 1. The highest BCUT2D eigenvalue weighted by atomic mass is 127. The smallest absolute Gasteiger partial charge is 0.188 e. The van der Waals surface area contributed by atoms with Gasteiger partial charge in [-0.15, -0.1) is 24.0 Å². The Hall–Kier alpha value is -0.120. The third-order valence-corrected chi connectivity index (χ3v) is 3.87. The van der Waals surface area contributed by atoms with E-state index in [1.54, 1.807) is 0 Å². The predicted octanol–water partition coefficient (Wildman–Crippen LogP) is 0.963. The van der Waals surface area contributed by atoms with Crippen molar-refractivity contribution in [1.29, 1.82) is 0 Å². The number of ether oxygens (including phenoxy) is 1. The fourth-order valence-corrected chi connectivity index (χ4v) is 2.43. The van der Waals surface area contributed by atoms with Gasteiger partial charge in [-0.25, -0.2) is 0 Å². The van der Waals surface area contributed by atoms with Gasteiger partial charge in [-0.2, -0.15) is 0 Å². The lowest BCUT2D eigenvalue weighted by molar-refractivity contribution is 0.0376. The summed E-state index contributed by atoms with van der Waals surface area (Å²) in [5.41, 5.74) is 5.87. The Kier molecular flexibility index (Phi) is 14.4. The van der Waals surface area contributed by atoms with Gasteiger partial charge in [-0.05, 0) is 39.0 Å². The van der Waals surface area contributed by atoms with E-state index in [9.17, 15) is 0 Å². The van der Waals surface area contributed by atoms with E-state index in [0.717, 1.165) is 78.4 Å². The van der Waals surface area contributed by atoms with Gasteiger partial charge in [0.15, 0.2) is 5.96 Å². The Balaban J connectivity index is 0.00000441. The van der Waals surface area contributed by atoms with Crippen molar-refractivity contribution in [2.75, 3.05) is 65.6 Å². The maximum Gasteiger partial charge on any atom is 0.188 e. The van der Waals surface area contributed by atoms with Crippen LogP contribution in [0, 0.1) is 0 Å². The molecule has 0 unspecified atom stereocenters. The highest BCUT2D eigenvalue weighted by molar-refractivity contribution is 14.0. The summed E-state index contributed by atoms with van der Waals surface area (Å²) in [6.45, 7) is 14.3. The zero-order valence-corrected chi connectivity index (χ0v) is 16.6. The summed E-state index contributed by atoms with van der Waals surface area (Å²) in [4.78, 5) is 9.21. The molecule has 6 nitrogen and oxygen atoms in total. The molecule has 1 heterocycles. The minimum Gasteiger partial charge on any atom is -0.379 e. The quantitative estimate of drug-likeness (QED) is 0.235. The van der Waals surface area contributed by atoms with Crippen LogP contribution in [-0.2, 0) is 4.74 Å². The van der Waals surface area contributed by atoms with Gasteiger partial charge in [-0.3, -0.25) is 9.89 Å². The SMILES string of the molecule is CCN(CC)CCCN=C(N)NCCCN1CCOCC1.I. The predicted molar refractivity (Wildman–Crippen MR) is 104 cm³/mol. The van der Waals surface area contributed by atoms with Gasteiger partial charge in [0, 0.05) is 26.2 Å². The van der Waals surface area contributed by atoms with Crippen molar-refractivity contribution in [3.05, 3.63) is 0 Å². The summed E-state index contributed by atoms with van der Waals surface area (Å²) in [7, 11) is 0. The molecule has 132 valence electrons. The highest BCUT2D eigenvalue weighted by Gasteiger charge is 2.08. The first-order chi connectivity index (χ1) is 10.3. The van der Waals surface area contributed by atoms with Crippen LogP contribution in [0.25, 0.3) is 0 Å². The van der Waals surface area contributed by atoms with Gasteiger partial charge in [0.05, 0.1) is 13.2 Å². The number of rotatable bonds is 10. The van der Waals surface area contributed by atoms with Crippen LogP contribution < -0.4 is 11.1 Å². The number of hydrogen-bond acceptors (Lipinski definition) is 4. The molecule has 1 rings (SSSR count). The zero-order valence-electron chi connectivity index (χ0n) is 14.2. The molecule has 0 saturated carbocycles. The molecular formula is C15H34IN5O. The zero-order chi connectivity index (χ0) is 15.3. The summed E-state index contributed by atoms with van der Waals surface area (Å²) in [6.07, 6.45) is 2.16. The number of nitrogens with one attached hydrogen (secondary N) is 1. The molecule has 1 aliphatic rings. The lowest BCUT2D eigenvalue weighted by Crippen LogP contribution is -2.39. The van der Waals surface area contributed by atoms with Gasteiger partial charge in [0.1, 0.15) is 0 Å². The molecule has 0 aliphatic carbocycles. The van der Waals surface area contributed by atoms with Crippen molar-refractivity contribution in [2.24, 2.45) is 10.7 Å². The van der Waals surface area contributed by atoms with Crippen molar-refractivity contribution in [1.82, 2.24) is 15.1 Å². The highest BCUT2D eigenvalue weighted by Crippen LogP contribution is 1.97. The van der Waals surface area contributed by atoms with E-state index in [1.807, 2.05) is 0 Å². The molecule has 1 aliphatic heterocycles. The Morgan fingerprint density at radius 2 is 1.91 bits per heavy atom. The van der Waals surface area contributed by atoms with E-state index in [2.05, 4.69) is 34.0 Å². The van der Waals surface area contributed by atoms with Gasteiger partial charge in [0.2, 0.25) is 0 Å². The van der Waals surface area contributed by atoms with Crippen LogP contribution in [0.3, 0.4) is 0 Å². The molecular weight excluding hydrogens is 393 g/mol. The lowest BCUT2D eigenvalue weighted by atomic mass is 10.3. The van der Waals surface area contributed by atoms with Gasteiger partial charge >= 0.3 is 0 Å². The number of nitrogens with zero attached hydrogens (tertiary/aromatic N) is 3. The number of aliphatic imine (C=N–C) groups is 1. The number of morpholine rings is 1. The van der Waals surface area contributed by atoms with Gasteiger partial charge in [0.25, 0.3) is 0 Å². The average Bonchev–Trinajstić information content (AvgIpc) is 2.53. The van der Waals surface area contributed by atoms with Crippen LogP contribution in [0.5, 0.6) is 0 Å². The summed E-state index contributed by atoms with van der Waals surface area (Å²) < 4.78 is 5.33. The maximum atomic E-state index is 5.87. The molecule has 0 bridgehead atoms. The monoisotopic (exact) mass is 427 g/mol. The minimum atomic E-state index is 0. The molecule has 0 radical (unpaired) electrons. The van der Waals surface area contributed by atoms with Crippen LogP contribution in [0.15, 0.2) is 4.99 Å². The third kappa shape index (κ3) is 10.6. The molecule has 1 fully saturated rings. The largest absolute Gasteiger partial charge is 0.379 e. The molecule has 7 heteroatoms. The second kappa shape index (κ2) is 14.5. The second-order valence-corrected chi connectivity index (χ2v) is 5.38. The van der Waals surface area contributed by atoms with Crippen molar-refractivity contribution in [3.63, 3.8) is 0 Å². The first-order valence-electron chi connectivity index (χ1n) is 8.32. The summed E-state index contributed by atoms with van der Waals surface area (Å²) >= 11 is 0. The molecule has 0 atom stereocenters. The fraction of sp³-hybridized carbons (Fsp3) is 0.933. The van der Waals surface area contributed by atoms with Crippen LogP contribution in [0.4, 0.5) is 0 Å². The van der Waals surface area contributed by atoms with Crippen molar-refractivity contribution >= 4 is 29.9 Å². The topological polar surface area (TPSA) is 66.1 Å². The number of hydrogen-bond donors (Lipinski definition) is 2. The first-order valence-corrected chi connectivity index (χ1v) is 8.32. The standard InChI is InChI=1S/C15H33N5O.HI/c1-3-19(4-2)9-5-7-17-15(16)18-8-6-10-20-11-13-21-14-12-20;/h3-14H2,1-2H3,(H3,16,17,18);1H. The molecule has 1 saturated heterocycles. The maximum absolute atomic E-state index is 5.87. The molecule has 0 aromatic rings. The summed E-state index contributed by atoms with van der Waals surface area (Å²) in [5.74, 6) is 0.580. The molecule has 0 aromatic heterocycles. The number of nitrogens with two attached hydrogens (primary N) is 1. The van der Waals surface area contributed by atoms with Crippen molar-refractivity contribution in [2.45, 2.75) is 26.7 Å². The first kappa shape index (κ1) is 21.9. The summed E-state index contributed by atoms with van der Waals surface area (Å²) in [5, 5.41) is 3.19. The van der Waals surface area contributed by atoms with Crippen LogP contribution in [0.1, 0.15) is 26.7 Å². The minimum absolute atomic E-state index is 0. The van der Waals surface area contributed by atoms with Crippen molar-refractivity contribution in [3.8, 4) is 0 Å². The normalized spacial score (nSPS) is 16.6. The van der Waals surface area contributed by atoms with E-state index < -0.39 is 0 Å². The second-order valence-electron chi connectivity index (χ2n) is 5.38. The molecule has 0 spiro atoms. The fourth-order valence-electron chi connectivity index (χ4n) is 2.43. The molecule has 0 aromatic carbocycles. The number of halogens is 1. The molecule has 3 N–H and O–H groups in total. The van der Waals surface area contributed by atoms with E-state index >= 15 is 0 Å². The van der Waals surface area contributed by atoms with Crippen molar-refractivity contribution < 1.29 is 4.74 Å². The van der Waals surface area contributed by atoms with E-state index in [0.29, 0.717) is 5.96 Å². The van der Waals surface area contributed by atoms with Gasteiger partial charge in [-0.1, -0.05) is 13.8 Å². The Labute approximate surface area is 152 Å². The Morgan fingerprint density at radius 1 is 1.23 bits per heavy atom. The van der Waals surface area contributed by atoms with E-state index in [4.69, 9.17) is 10.5 Å². The van der Waals surface area contributed by atoms with E-state index in [1.165, 1.54) is 0 Å². The summed E-state index contributed by atoms with van der Waals surface area (Å²) in [6, 6.07) is 0. The Morgan fingerprint density at radius 3 is 2.55 bits per heavy atom. The van der Waals surface area contributed by atoms with Crippen LogP contribution in [0.2, 0.25) is 0 Å². The van der Waals surface area contributed by atoms with Crippen LogP contribution >= 0.6 is 24.0 Å². The average molecular weight is 427 g/mol. The lowest BCUT2D eigenvalue weighted by Gasteiger charge is -2.26. The molecule has 0 amide bonds. The van der Waals surface area contributed by atoms with Gasteiger partial charge < -0.3 is 20.7 Å².